The Morgan fingerprint density at radius 2 is 1.95 bits per heavy atom. The first kappa shape index (κ1) is 15.1. The molecule has 0 aliphatic heterocycles. The van der Waals surface area contributed by atoms with Gasteiger partial charge in [-0.1, -0.05) is 0 Å². The Morgan fingerprint density at radius 3 is 2.52 bits per heavy atom. The normalized spacial score (nSPS) is 11.5. The van der Waals surface area contributed by atoms with E-state index in [1.165, 1.54) is 13.1 Å². The third-order valence-electron chi connectivity index (χ3n) is 2.85. The van der Waals surface area contributed by atoms with Crippen molar-refractivity contribution < 1.29 is 13.2 Å². The molecule has 0 unspecified atom stereocenters. The molecule has 0 saturated carbocycles. The van der Waals surface area contributed by atoms with Gasteiger partial charge < -0.3 is 10.6 Å². The van der Waals surface area contributed by atoms with Crippen molar-refractivity contribution in [3.63, 3.8) is 0 Å². The molecule has 0 spiro atoms. The molecule has 0 bridgehead atoms. The molecule has 2 rings (SSSR count). The number of aromatic nitrogens is 4. The highest BCUT2D eigenvalue weighted by molar-refractivity contribution is 5.47. The van der Waals surface area contributed by atoms with Gasteiger partial charge in [0.05, 0.1) is 0 Å². The molecule has 114 valence electrons. The van der Waals surface area contributed by atoms with Gasteiger partial charge in [0.25, 0.3) is 0 Å². The molecule has 2 heterocycles. The summed E-state index contributed by atoms with van der Waals surface area (Å²) in [4.78, 5) is 6.88. The molecule has 2 N–H and O–H groups in total. The second-order valence-corrected chi connectivity index (χ2v) is 4.33. The maximum Gasteiger partial charge on any atom is 0.451 e. The average Bonchev–Trinajstić information content (AvgIpc) is 2.83. The van der Waals surface area contributed by atoms with Crippen LogP contribution < -0.4 is 10.6 Å². The zero-order valence-corrected chi connectivity index (χ0v) is 11.6. The van der Waals surface area contributed by atoms with Crippen LogP contribution in [0.25, 0.3) is 0 Å². The predicted octanol–water partition coefficient (Wildman–Crippen LogP) is 1.93. The van der Waals surface area contributed by atoms with Crippen LogP contribution in [0.4, 0.5) is 24.8 Å². The second-order valence-electron chi connectivity index (χ2n) is 4.33. The van der Waals surface area contributed by atoms with E-state index in [2.05, 4.69) is 25.7 Å². The van der Waals surface area contributed by atoms with Gasteiger partial charge in [0.1, 0.15) is 11.6 Å². The number of hydrogen-bond acceptors (Lipinski definition) is 5. The summed E-state index contributed by atoms with van der Waals surface area (Å²) >= 11 is 0. The molecule has 0 aliphatic rings. The van der Waals surface area contributed by atoms with Gasteiger partial charge in [-0.3, -0.25) is 4.68 Å². The van der Waals surface area contributed by atoms with E-state index in [1.807, 2.05) is 6.07 Å². The lowest BCUT2D eigenvalue weighted by molar-refractivity contribution is -0.144. The molecule has 0 amide bonds. The average molecular weight is 300 g/mol. The minimum Gasteiger partial charge on any atom is -0.373 e. The number of rotatable bonds is 5. The van der Waals surface area contributed by atoms with E-state index in [-0.39, 0.29) is 11.6 Å². The van der Waals surface area contributed by atoms with Crippen molar-refractivity contribution in [1.82, 2.24) is 19.7 Å². The van der Waals surface area contributed by atoms with Gasteiger partial charge in [-0.05, 0) is 6.07 Å². The monoisotopic (exact) mass is 300 g/mol. The van der Waals surface area contributed by atoms with E-state index in [0.29, 0.717) is 13.0 Å². The topological polar surface area (TPSA) is 67.7 Å². The molecule has 0 aromatic carbocycles. The number of halogens is 3. The van der Waals surface area contributed by atoms with Crippen molar-refractivity contribution in [3.8, 4) is 0 Å². The zero-order valence-electron chi connectivity index (χ0n) is 11.6. The van der Waals surface area contributed by atoms with Crippen LogP contribution >= 0.6 is 0 Å². The molecular weight excluding hydrogens is 285 g/mol. The van der Waals surface area contributed by atoms with Crippen LogP contribution in [0.3, 0.4) is 0 Å². The van der Waals surface area contributed by atoms with E-state index >= 15 is 0 Å². The highest BCUT2D eigenvalue weighted by Gasteiger charge is 2.35. The summed E-state index contributed by atoms with van der Waals surface area (Å²) in [5.74, 6) is -0.929. The molecule has 0 radical (unpaired) electrons. The quantitative estimate of drug-likeness (QED) is 0.883. The Bertz CT molecular complexity index is 607. The fraction of sp³-hybridized carbons (Fsp3) is 0.417. The van der Waals surface area contributed by atoms with Crippen molar-refractivity contribution in [2.24, 2.45) is 7.05 Å². The Morgan fingerprint density at radius 1 is 1.24 bits per heavy atom. The molecule has 6 nitrogen and oxygen atoms in total. The van der Waals surface area contributed by atoms with E-state index < -0.39 is 12.0 Å². The molecule has 9 heteroatoms. The van der Waals surface area contributed by atoms with Crippen LogP contribution in [0.2, 0.25) is 0 Å². The molecule has 0 saturated heterocycles. The van der Waals surface area contributed by atoms with Crippen molar-refractivity contribution in [2.45, 2.75) is 12.6 Å². The Labute approximate surface area is 119 Å². The largest absolute Gasteiger partial charge is 0.451 e. The molecule has 0 atom stereocenters. The summed E-state index contributed by atoms with van der Waals surface area (Å²) in [5.41, 5.74) is 0.974. The SMILES string of the molecule is CNc1cc(NCCc2ccnn2C)nc(C(F)(F)F)n1. The third-order valence-corrected chi connectivity index (χ3v) is 2.85. The highest BCUT2D eigenvalue weighted by Crippen LogP contribution is 2.28. The van der Waals surface area contributed by atoms with E-state index in [4.69, 9.17) is 0 Å². The van der Waals surface area contributed by atoms with Crippen LogP contribution in [-0.2, 0) is 19.6 Å². The van der Waals surface area contributed by atoms with Gasteiger partial charge in [-0.25, -0.2) is 9.97 Å². The zero-order chi connectivity index (χ0) is 15.5. The number of nitrogens with one attached hydrogen (secondary N) is 2. The fourth-order valence-corrected chi connectivity index (χ4v) is 1.76. The maximum absolute atomic E-state index is 12.7. The van der Waals surface area contributed by atoms with E-state index in [9.17, 15) is 13.2 Å². The molecular formula is C12H15F3N6. The van der Waals surface area contributed by atoms with Gasteiger partial charge >= 0.3 is 6.18 Å². The smallest absolute Gasteiger partial charge is 0.373 e. The standard InChI is InChI=1S/C12H15F3N6/c1-16-9-7-10(20-11(19-9)12(13,14)15)17-5-3-8-4-6-18-21(8)2/h4,6-7H,3,5H2,1-2H3,(H2,16,17,19,20). The first-order valence-electron chi connectivity index (χ1n) is 6.25. The Balaban J connectivity index is 2.07. The van der Waals surface area contributed by atoms with E-state index in [0.717, 1.165) is 5.69 Å². The van der Waals surface area contributed by atoms with Gasteiger partial charge in [0.2, 0.25) is 5.82 Å². The first-order chi connectivity index (χ1) is 9.90. The summed E-state index contributed by atoms with van der Waals surface area (Å²) in [7, 11) is 3.31. The summed E-state index contributed by atoms with van der Waals surface area (Å²) in [6.45, 7) is 0.441. The van der Waals surface area contributed by atoms with Crippen molar-refractivity contribution in [2.75, 3.05) is 24.2 Å². The third kappa shape index (κ3) is 3.83. The number of aryl methyl sites for hydroxylation is 1. The lowest BCUT2D eigenvalue weighted by Gasteiger charge is -2.11. The van der Waals surface area contributed by atoms with Gasteiger partial charge in [-0.2, -0.15) is 18.3 Å². The number of hydrogen-bond donors (Lipinski definition) is 2. The fourth-order valence-electron chi connectivity index (χ4n) is 1.76. The van der Waals surface area contributed by atoms with Crippen molar-refractivity contribution >= 4 is 11.6 Å². The molecule has 2 aromatic rings. The highest BCUT2D eigenvalue weighted by atomic mass is 19.4. The van der Waals surface area contributed by atoms with E-state index in [1.54, 1.807) is 17.9 Å². The second kappa shape index (κ2) is 5.98. The molecule has 0 aliphatic carbocycles. The van der Waals surface area contributed by atoms with Gasteiger partial charge in [0.15, 0.2) is 0 Å². The minimum absolute atomic E-state index is 0.111. The minimum atomic E-state index is -4.58. The maximum atomic E-state index is 12.7. The lowest BCUT2D eigenvalue weighted by atomic mass is 10.3. The van der Waals surface area contributed by atoms with Crippen molar-refractivity contribution in [1.29, 1.82) is 0 Å². The summed E-state index contributed by atoms with van der Waals surface area (Å²) < 4.78 is 39.8. The number of nitrogens with zero attached hydrogens (tertiary/aromatic N) is 4. The Kier molecular flexibility index (Phi) is 4.29. The summed E-state index contributed by atoms with van der Waals surface area (Å²) in [6, 6.07) is 3.28. The molecule has 2 aromatic heterocycles. The number of anilines is 2. The van der Waals surface area contributed by atoms with Gasteiger partial charge in [-0.15, -0.1) is 0 Å². The van der Waals surface area contributed by atoms with Crippen LogP contribution in [-0.4, -0.2) is 33.3 Å². The van der Waals surface area contributed by atoms with Crippen LogP contribution in [0.15, 0.2) is 18.3 Å². The first-order valence-corrected chi connectivity index (χ1v) is 6.25. The van der Waals surface area contributed by atoms with Crippen LogP contribution in [0.1, 0.15) is 11.5 Å². The Hall–Kier alpha value is -2.32. The lowest BCUT2D eigenvalue weighted by Crippen LogP contribution is -2.15. The van der Waals surface area contributed by atoms with Crippen LogP contribution in [0.5, 0.6) is 0 Å². The van der Waals surface area contributed by atoms with Gasteiger partial charge in [0, 0.05) is 45.0 Å². The summed E-state index contributed by atoms with van der Waals surface area (Å²) in [6.07, 6.45) is -2.29. The summed E-state index contributed by atoms with van der Waals surface area (Å²) in [5, 5.41) is 9.47. The van der Waals surface area contributed by atoms with Crippen molar-refractivity contribution in [3.05, 3.63) is 29.8 Å². The molecule has 21 heavy (non-hydrogen) atoms. The molecule has 0 fully saturated rings. The predicted molar refractivity (Wildman–Crippen MR) is 72.0 cm³/mol. The number of alkyl halides is 3. The van der Waals surface area contributed by atoms with Crippen LogP contribution in [0, 0.1) is 0 Å².